The lowest BCUT2D eigenvalue weighted by molar-refractivity contribution is 0.254. The van der Waals surface area contributed by atoms with Crippen molar-refractivity contribution in [2.24, 2.45) is 0 Å². The molecule has 2 rings (SSSR count). The Morgan fingerprint density at radius 2 is 2.25 bits per heavy atom. The van der Waals surface area contributed by atoms with Gasteiger partial charge >= 0.3 is 0 Å². The molecule has 0 bridgehead atoms. The Morgan fingerprint density at radius 1 is 1.50 bits per heavy atom. The average Bonchev–Trinajstić information content (AvgIpc) is 2.52. The summed E-state index contributed by atoms with van der Waals surface area (Å²) in [4.78, 5) is 0. The van der Waals surface area contributed by atoms with Crippen molar-refractivity contribution in [3.05, 3.63) is 29.3 Å². The molecular formula is C11H13ClO3S. The summed E-state index contributed by atoms with van der Waals surface area (Å²) in [5.74, 6) is 0.833. The van der Waals surface area contributed by atoms with Crippen LogP contribution in [0, 0.1) is 0 Å². The minimum Gasteiger partial charge on any atom is -0.490 e. The molecule has 0 spiro atoms. The van der Waals surface area contributed by atoms with E-state index in [1.54, 1.807) is 0 Å². The fraction of sp³-hybridized carbons (Fsp3) is 0.455. The number of aryl methyl sites for hydroxylation is 1. The molecule has 0 saturated heterocycles. The highest BCUT2D eigenvalue weighted by molar-refractivity contribution is 8.13. The van der Waals surface area contributed by atoms with E-state index in [0.29, 0.717) is 6.42 Å². The first-order valence-corrected chi connectivity index (χ1v) is 7.63. The molecule has 16 heavy (non-hydrogen) atoms. The topological polar surface area (TPSA) is 43.4 Å². The predicted octanol–water partition coefficient (Wildman–Crippen LogP) is 2.12. The van der Waals surface area contributed by atoms with Gasteiger partial charge in [0.25, 0.3) is 0 Å². The summed E-state index contributed by atoms with van der Waals surface area (Å²) in [7, 11) is 1.75. The average molecular weight is 261 g/mol. The lowest BCUT2D eigenvalue weighted by Gasteiger charge is -2.04. The number of benzene rings is 1. The van der Waals surface area contributed by atoms with Gasteiger partial charge in [0.15, 0.2) is 0 Å². The minimum absolute atomic E-state index is 0.0388. The normalized spacial score (nSPS) is 19.2. The van der Waals surface area contributed by atoms with Crippen molar-refractivity contribution < 1.29 is 13.2 Å². The third-order valence-corrected chi connectivity index (χ3v) is 3.76. The number of fused-ring (bicyclic) bond motifs is 1. The summed E-state index contributed by atoms with van der Waals surface area (Å²) < 4.78 is 27.2. The summed E-state index contributed by atoms with van der Waals surface area (Å²) in [6.45, 7) is 2.02. The van der Waals surface area contributed by atoms with Crippen LogP contribution >= 0.6 is 10.7 Å². The molecule has 5 heteroatoms. The molecule has 1 aliphatic heterocycles. The van der Waals surface area contributed by atoms with Gasteiger partial charge in [-0.2, -0.15) is 0 Å². The molecule has 88 valence electrons. The van der Waals surface area contributed by atoms with E-state index in [0.717, 1.165) is 17.7 Å². The van der Waals surface area contributed by atoms with E-state index < -0.39 is 9.05 Å². The first-order valence-electron chi connectivity index (χ1n) is 5.15. The van der Waals surface area contributed by atoms with Gasteiger partial charge in [0.1, 0.15) is 11.9 Å². The van der Waals surface area contributed by atoms with E-state index in [2.05, 4.69) is 0 Å². The molecule has 1 heterocycles. The Morgan fingerprint density at radius 3 is 2.94 bits per heavy atom. The second-order valence-electron chi connectivity index (χ2n) is 4.07. The van der Waals surface area contributed by atoms with Gasteiger partial charge in [-0.05, 0) is 30.5 Å². The zero-order chi connectivity index (χ0) is 11.8. The summed E-state index contributed by atoms with van der Waals surface area (Å²) in [5, 5.41) is 0. The van der Waals surface area contributed by atoms with Crippen LogP contribution in [0.2, 0.25) is 0 Å². The summed E-state index contributed by atoms with van der Waals surface area (Å²) >= 11 is 0. The van der Waals surface area contributed by atoms with Crippen LogP contribution in [0.25, 0.3) is 0 Å². The molecule has 1 aromatic carbocycles. The number of hydrogen-bond acceptors (Lipinski definition) is 3. The minimum atomic E-state index is -3.42. The number of hydrogen-bond donors (Lipinski definition) is 0. The Hall–Kier alpha value is -0.740. The van der Waals surface area contributed by atoms with E-state index in [1.165, 1.54) is 5.56 Å². The van der Waals surface area contributed by atoms with E-state index >= 15 is 0 Å². The van der Waals surface area contributed by atoms with Crippen LogP contribution in [-0.4, -0.2) is 20.3 Å². The quantitative estimate of drug-likeness (QED) is 0.782. The van der Waals surface area contributed by atoms with Crippen LogP contribution < -0.4 is 4.74 Å². The fourth-order valence-electron chi connectivity index (χ4n) is 1.84. The predicted molar refractivity (Wildman–Crippen MR) is 63.6 cm³/mol. The summed E-state index contributed by atoms with van der Waals surface area (Å²) in [6, 6.07) is 5.83. The molecule has 0 N–H and O–H groups in total. The fourth-order valence-corrected chi connectivity index (χ4v) is 2.55. The van der Waals surface area contributed by atoms with Gasteiger partial charge in [0, 0.05) is 17.1 Å². The molecule has 1 aliphatic rings. The van der Waals surface area contributed by atoms with Gasteiger partial charge in [-0.3, -0.25) is 0 Å². The second kappa shape index (κ2) is 4.26. The van der Waals surface area contributed by atoms with Crippen molar-refractivity contribution >= 4 is 19.7 Å². The largest absolute Gasteiger partial charge is 0.490 e. The van der Waals surface area contributed by atoms with Crippen LogP contribution in [0.15, 0.2) is 18.2 Å². The molecule has 0 fully saturated rings. The van der Waals surface area contributed by atoms with Crippen molar-refractivity contribution in [2.75, 3.05) is 5.75 Å². The Bertz CT molecular complexity index is 496. The van der Waals surface area contributed by atoms with Crippen LogP contribution in [0.1, 0.15) is 18.1 Å². The number of ether oxygens (including phenoxy) is 1. The van der Waals surface area contributed by atoms with Gasteiger partial charge in [0.2, 0.25) is 9.05 Å². The van der Waals surface area contributed by atoms with Crippen molar-refractivity contribution in [3.63, 3.8) is 0 Å². The van der Waals surface area contributed by atoms with Crippen LogP contribution in [0.3, 0.4) is 0 Å². The molecule has 1 unspecified atom stereocenters. The second-order valence-corrected chi connectivity index (χ2v) is 6.96. The van der Waals surface area contributed by atoms with Gasteiger partial charge in [0.05, 0.1) is 5.75 Å². The molecule has 0 aromatic heterocycles. The molecule has 0 amide bonds. The van der Waals surface area contributed by atoms with E-state index in [-0.39, 0.29) is 11.9 Å². The molecule has 1 aromatic rings. The maximum atomic E-state index is 10.8. The number of rotatable bonds is 3. The molecule has 0 aliphatic carbocycles. The highest BCUT2D eigenvalue weighted by Gasteiger charge is 2.19. The third kappa shape index (κ3) is 2.89. The first-order chi connectivity index (χ1) is 7.44. The Balaban J connectivity index is 2.11. The number of halogens is 1. The first kappa shape index (κ1) is 11.7. The zero-order valence-corrected chi connectivity index (χ0v) is 10.5. The third-order valence-electron chi connectivity index (χ3n) is 2.60. The van der Waals surface area contributed by atoms with Crippen molar-refractivity contribution in [2.45, 2.75) is 25.9 Å². The Labute approximate surface area is 99.8 Å². The summed E-state index contributed by atoms with van der Waals surface area (Å²) in [6.07, 6.45) is 1.56. The maximum absolute atomic E-state index is 10.8. The zero-order valence-electron chi connectivity index (χ0n) is 8.94. The van der Waals surface area contributed by atoms with E-state index in [1.807, 2.05) is 25.1 Å². The van der Waals surface area contributed by atoms with Crippen LogP contribution in [0.4, 0.5) is 0 Å². The maximum Gasteiger partial charge on any atom is 0.232 e. The smallest absolute Gasteiger partial charge is 0.232 e. The van der Waals surface area contributed by atoms with Crippen molar-refractivity contribution in [3.8, 4) is 5.75 Å². The van der Waals surface area contributed by atoms with Gasteiger partial charge in [-0.15, -0.1) is 0 Å². The molecule has 1 atom stereocenters. The van der Waals surface area contributed by atoms with Crippen molar-refractivity contribution in [1.29, 1.82) is 0 Å². The monoisotopic (exact) mass is 260 g/mol. The van der Waals surface area contributed by atoms with E-state index in [4.69, 9.17) is 15.4 Å². The lowest BCUT2D eigenvalue weighted by Crippen LogP contribution is -2.05. The highest BCUT2D eigenvalue weighted by Crippen LogP contribution is 2.29. The molecular weight excluding hydrogens is 248 g/mol. The highest BCUT2D eigenvalue weighted by atomic mass is 35.7. The molecule has 0 saturated carbocycles. The van der Waals surface area contributed by atoms with Crippen molar-refractivity contribution in [1.82, 2.24) is 0 Å². The van der Waals surface area contributed by atoms with Gasteiger partial charge in [-0.1, -0.05) is 12.1 Å². The SMILES string of the molecule is CC1Cc2ccc(CCS(=O)(=O)Cl)cc2O1. The lowest BCUT2D eigenvalue weighted by atomic mass is 10.1. The van der Waals surface area contributed by atoms with Crippen LogP contribution in [-0.2, 0) is 21.9 Å². The standard InChI is InChI=1S/C11H13ClO3S/c1-8-6-10-3-2-9(7-11(10)15-8)4-5-16(12,13)14/h2-3,7-8H,4-6H2,1H3. The Kier molecular flexibility index (Phi) is 3.13. The van der Waals surface area contributed by atoms with Gasteiger partial charge < -0.3 is 4.74 Å². The summed E-state index contributed by atoms with van der Waals surface area (Å²) in [5.41, 5.74) is 2.13. The van der Waals surface area contributed by atoms with E-state index in [9.17, 15) is 8.42 Å². The van der Waals surface area contributed by atoms with Crippen LogP contribution in [0.5, 0.6) is 5.75 Å². The molecule has 3 nitrogen and oxygen atoms in total. The molecule has 0 radical (unpaired) electrons. The van der Waals surface area contributed by atoms with Gasteiger partial charge in [-0.25, -0.2) is 8.42 Å².